The lowest BCUT2D eigenvalue weighted by molar-refractivity contribution is -0.138. The second kappa shape index (κ2) is 3.90. The van der Waals surface area contributed by atoms with Gasteiger partial charge >= 0.3 is 16.3 Å². The Labute approximate surface area is 68.9 Å². The molecule has 0 aliphatic rings. The molecule has 1 unspecified atom stereocenters. The first-order valence-corrected chi connectivity index (χ1v) is 4.52. The summed E-state index contributed by atoms with van der Waals surface area (Å²) in [6.45, 7) is 0. The van der Waals surface area contributed by atoms with Crippen molar-refractivity contribution in [2.24, 2.45) is 0 Å². The minimum atomic E-state index is -4.46. The van der Waals surface area contributed by atoms with Gasteiger partial charge in [-0.15, -0.1) is 0 Å². The summed E-state index contributed by atoms with van der Waals surface area (Å²) in [5.74, 6) is -1.62. The number of carboxylic acids is 1. The number of rotatable bonds is 4. The fourth-order valence-electron chi connectivity index (χ4n) is 0.346. The zero-order valence-electron chi connectivity index (χ0n) is 5.26. The highest BCUT2D eigenvalue weighted by Gasteiger charge is 2.20. The molecule has 6 nitrogen and oxygen atoms in total. The summed E-state index contributed by atoms with van der Waals surface area (Å²) >= 11 is 3.55. The van der Waals surface area contributed by atoms with Gasteiger partial charge in [0, 0.05) is 5.75 Å². The lowest BCUT2D eigenvalue weighted by Gasteiger charge is -2.07. The smallest absolute Gasteiger partial charge is 0.334 e. The maximum absolute atomic E-state index is 10.1. The number of nitrogens with one attached hydrogen (secondary N) is 1. The van der Waals surface area contributed by atoms with Crippen molar-refractivity contribution in [2.75, 3.05) is 5.75 Å². The summed E-state index contributed by atoms with van der Waals surface area (Å²) in [4.78, 5) is 10.1. The Balaban J connectivity index is 4.22. The van der Waals surface area contributed by atoms with Crippen molar-refractivity contribution in [1.82, 2.24) is 4.72 Å². The Kier molecular flexibility index (Phi) is 3.79. The van der Waals surface area contributed by atoms with Gasteiger partial charge in [0.25, 0.3) is 0 Å². The van der Waals surface area contributed by atoms with E-state index in [0.29, 0.717) is 0 Å². The third kappa shape index (κ3) is 5.01. The van der Waals surface area contributed by atoms with E-state index >= 15 is 0 Å². The van der Waals surface area contributed by atoms with Crippen LogP contribution in [0.3, 0.4) is 0 Å². The number of hydrogen-bond acceptors (Lipinski definition) is 4. The summed E-state index contributed by atoms with van der Waals surface area (Å²) in [6, 6.07) is -1.40. The van der Waals surface area contributed by atoms with Gasteiger partial charge in [0.1, 0.15) is 6.04 Å². The third-order valence-electron chi connectivity index (χ3n) is 0.772. The van der Waals surface area contributed by atoms with Crippen molar-refractivity contribution in [3.8, 4) is 0 Å². The number of aliphatic carboxylic acids is 1. The minimum Gasteiger partial charge on any atom is -0.480 e. The van der Waals surface area contributed by atoms with Gasteiger partial charge in [0.2, 0.25) is 0 Å². The van der Waals surface area contributed by atoms with Crippen molar-refractivity contribution in [1.29, 1.82) is 0 Å². The molecule has 0 rings (SSSR count). The van der Waals surface area contributed by atoms with E-state index < -0.39 is 22.3 Å². The van der Waals surface area contributed by atoms with Crippen LogP contribution in [0.4, 0.5) is 0 Å². The molecule has 0 heterocycles. The molecule has 0 aromatic carbocycles. The highest BCUT2D eigenvalue weighted by atomic mass is 32.2. The quantitative estimate of drug-likeness (QED) is 0.336. The van der Waals surface area contributed by atoms with Crippen LogP contribution in [0, 0.1) is 0 Å². The van der Waals surface area contributed by atoms with Crippen molar-refractivity contribution >= 4 is 28.9 Å². The molecule has 11 heavy (non-hydrogen) atoms. The molecule has 0 spiro atoms. The van der Waals surface area contributed by atoms with Gasteiger partial charge in [-0.3, -0.25) is 9.35 Å². The minimum absolute atomic E-state index is 0.227. The van der Waals surface area contributed by atoms with Gasteiger partial charge in [-0.05, 0) is 0 Å². The topological polar surface area (TPSA) is 104 Å². The summed E-state index contributed by atoms with van der Waals surface area (Å²) in [6.07, 6.45) is 0. The number of carboxylic acid groups (broad SMARTS) is 1. The van der Waals surface area contributed by atoms with Gasteiger partial charge in [0.15, 0.2) is 0 Å². The van der Waals surface area contributed by atoms with Crippen LogP contribution in [0.15, 0.2) is 0 Å². The summed E-state index contributed by atoms with van der Waals surface area (Å²) < 4.78 is 29.7. The predicted molar refractivity (Wildman–Crippen MR) is 40.0 cm³/mol. The second-order valence-electron chi connectivity index (χ2n) is 1.67. The first-order valence-electron chi connectivity index (χ1n) is 2.45. The summed E-state index contributed by atoms with van der Waals surface area (Å²) in [5, 5.41) is 8.25. The van der Waals surface area contributed by atoms with E-state index in [1.54, 1.807) is 0 Å². The Hall–Kier alpha value is -0.310. The largest absolute Gasteiger partial charge is 0.480 e. The van der Waals surface area contributed by atoms with E-state index in [9.17, 15) is 13.2 Å². The average molecular weight is 201 g/mol. The van der Waals surface area contributed by atoms with Crippen LogP contribution >= 0.6 is 12.6 Å². The molecule has 0 amide bonds. The van der Waals surface area contributed by atoms with Crippen LogP contribution in [0.5, 0.6) is 0 Å². The molecule has 0 saturated carbocycles. The Bertz CT molecular complexity index is 234. The standard InChI is InChI=1S/C3H7NO5S2/c5-3(6)2(1-10)4-11(7,8)9/h2,4,10H,1H2,(H,5,6)(H,7,8,9). The van der Waals surface area contributed by atoms with Gasteiger partial charge in [0.05, 0.1) is 0 Å². The lowest BCUT2D eigenvalue weighted by atomic mass is 10.4. The highest BCUT2D eigenvalue weighted by Crippen LogP contribution is 1.89. The first kappa shape index (κ1) is 10.7. The summed E-state index contributed by atoms with van der Waals surface area (Å²) in [7, 11) is -4.46. The maximum atomic E-state index is 10.1. The van der Waals surface area contributed by atoms with E-state index in [2.05, 4.69) is 12.6 Å². The van der Waals surface area contributed by atoms with Crippen LogP contribution in [-0.2, 0) is 15.1 Å². The Morgan fingerprint density at radius 1 is 1.64 bits per heavy atom. The molecule has 0 saturated heterocycles. The molecule has 0 radical (unpaired) electrons. The molecule has 3 N–H and O–H groups in total. The van der Waals surface area contributed by atoms with Crippen LogP contribution < -0.4 is 4.72 Å². The molecular formula is C3H7NO5S2. The van der Waals surface area contributed by atoms with E-state index in [1.165, 1.54) is 4.72 Å². The SMILES string of the molecule is O=C(O)C(CS)NS(=O)(=O)O. The van der Waals surface area contributed by atoms with Crippen molar-refractivity contribution < 1.29 is 22.9 Å². The van der Waals surface area contributed by atoms with E-state index in [4.69, 9.17) is 9.66 Å². The molecule has 8 heteroatoms. The first-order chi connectivity index (χ1) is 4.87. The van der Waals surface area contributed by atoms with Crippen molar-refractivity contribution in [2.45, 2.75) is 6.04 Å². The average Bonchev–Trinajstić information content (AvgIpc) is 1.80. The monoisotopic (exact) mass is 201 g/mol. The Morgan fingerprint density at radius 3 is 2.18 bits per heavy atom. The van der Waals surface area contributed by atoms with E-state index in [-0.39, 0.29) is 5.75 Å². The molecule has 0 fully saturated rings. The van der Waals surface area contributed by atoms with Crippen LogP contribution in [0.25, 0.3) is 0 Å². The van der Waals surface area contributed by atoms with E-state index in [1.807, 2.05) is 0 Å². The van der Waals surface area contributed by atoms with E-state index in [0.717, 1.165) is 0 Å². The van der Waals surface area contributed by atoms with Crippen LogP contribution in [-0.4, -0.2) is 35.8 Å². The molecule has 0 aliphatic carbocycles. The lowest BCUT2D eigenvalue weighted by Crippen LogP contribution is -2.41. The van der Waals surface area contributed by atoms with Crippen LogP contribution in [0.1, 0.15) is 0 Å². The number of hydrogen-bond donors (Lipinski definition) is 4. The van der Waals surface area contributed by atoms with Crippen molar-refractivity contribution in [3.05, 3.63) is 0 Å². The summed E-state index contributed by atoms with van der Waals surface area (Å²) in [5.41, 5.74) is 0. The molecule has 0 bridgehead atoms. The normalized spacial score (nSPS) is 14.4. The molecule has 0 aromatic rings. The molecule has 0 aromatic heterocycles. The van der Waals surface area contributed by atoms with Crippen LogP contribution in [0.2, 0.25) is 0 Å². The molecule has 0 aliphatic heterocycles. The molecule has 1 atom stereocenters. The predicted octanol–water partition coefficient (Wildman–Crippen LogP) is -1.24. The second-order valence-corrected chi connectivity index (χ2v) is 3.22. The Morgan fingerprint density at radius 2 is 2.09 bits per heavy atom. The fraction of sp³-hybridized carbons (Fsp3) is 0.667. The fourth-order valence-corrected chi connectivity index (χ4v) is 1.26. The number of carbonyl (C=O) groups is 1. The maximum Gasteiger partial charge on any atom is 0.334 e. The van der Waals surface area contributed by atoms with Gasteiger partial charge in [-0.2, -0.15) is 25.8 Å². The zero-order valence-corrected chi connectivity index (χ0v) is 6.97. The van der Waals surface area contributed by atoms with Crippen molar-refractivity contribution in [3.63, 3.8) is 0 Å². The number of thiol groups is 1. The van der Waals surface area contributed by atoms with Gasteiger partial charge in [-0.1, -0.05) is 0 Å². The zero-order chi connectivity index (χ0) is 9.07. The van der Waals surface area contributed by atoms with Gasteiger partial charge in [-0.25, -0.2) is 0 Å². The molecular weight excluding hydrogens is 194 g/mol. The molecule has 66 valence electrons. The third-order valence-corrected chi connectivity index (χ3v) is 1.72. The highest BCUT2D eigenvalue weighted by molar-refractivity contribution is 7.84. The van der Waals surface area contributed by atoms with Gasteiger partial charge < -0.3 is 5.11 Å².